The van der Waals surface area contributed by atoms with E-state index in [1.54, 1.807) is 0 Å². The molecule has 0 saturated heterocycles. The summed E-state index contributed by atoms with van der Waals surface area (Å²) in [4.78, 5) is 22.6. The molecular formula is C15H15N3O5. The van der Waals surface area contributed by atoms with Crippen molar-refractivity contribution in [3.63, 3.8) is 0 Å². The van der Waals surface area contributed by atoms with Crippen molar-refractivity contribution >= 4 is 17.8 Å². The van der Waals surface area contributed by atoms with Gasteiger partial charge in [0.05, 0.1) is 22.8 Å². The molecule has 0 aromatic heterocycles. The first-order valence-corrected chi connectivity index (χ1v) is 7.50. The lowest BCUT2D eigenvalue weighted by Crippen LogP contribution is -2.26. The summed E-state index contributed by atoms with van der Waals surface area (Å²) in [6.45, 7) is 0.0353. The number of nitrogens with zero attached hydrogens (tertiary/aromatic N) is 2. The van der Waals surface area contributed by atoms with Crippen LogP contribution in [0.15, 0.2) is 17.2 Å². The second-order valence-corrected chi connectivity index (χ2v) is 6.23. The molecule has 4 rings (SSSR count). The van der Waals surface area contributed by atoms with Crippen LogP contribution in [0.25, 0.3) is 0 Å². The molecule has 2 saturated carbocycles. The van der Waals surface area contributed by atoms with E-state index in [-0.39, 0.29) is 35.3 Å². The zero-order chi connectivity index (χ0) is 16.0. The number of hydrazone groups is 1. The average molecular weight is 317 g/mol. The molecule has 8 nitrogen and oxygen atoms in total. The van der Waals surface area contributed by atoms with Crippen molar-refractivity contribution in [2.24, 2.45) is 16.4 Å². The Morgan fingerprint density at radius 3 is 2.74 bits per heavy atom. The van der Waals surface area contributed by atoms with Crippen LogP contribution in [0.3, 0.4) is 0 Å². The molecule has 0 bridgehead atoms. The van der Waals surface area contributed by atoms with Gasteiger partial charge < -0.3 is 9.47 Å². The molecule has 1 aromatic carbocycles. The molecule has 8 heteroatoms. The van der Waals surface area contributed by atoms with E-state index in [2.05, 4.69) is 10.5 Å². The monoisotopic (exact) mass is 317 g/mol. The Balaban J connectivity index is 1.47. The lowest BCUT2D eigenvalue weighted by molar-refractivity contribution is -0.385. The van der Waals surface area contributed by atoms with E-state index < -0.39 is 4.92 Å². The van der Waals surface area contributed by atoms with Crippen LogP contribution in [0.1, 0.15) is 31.2 Å². The minimum atomic E-state index is -0.518. The standard InChI is InChI=1S/C15H15N3O5/c19-14(10-6-15(10)2-1-3-15)17-16-7-9-4-12-13(23-8-22-12)5-11(9)18(20)21/h4-5,7,10H,1-3,6,8H2,(H,17,19)/b16-7-/t10-/m1/s1. The third-order valence-electron chi connectivity index (χ3n) is 4.95. The van der Waals surface area contributed by atoms with E-state index in [0.29, 0.717) is 11.5 Å². The number of rotatable bonds is 4. The zero-order valence-corrected chi connectivity index (χ0v) is 12.3. The summed E-state index contributed by atoms with van der Waals surface area (Å²) in [5.74, 6) is 0.700. The highest BCUT2D eigenvalue weighted by Crippen LogP contribution is 2.65. The second kappa shape index (κ2) is 4.94. The number of ether oxygens (including phenoxy) is 2. The predicted octanol–water partition coefficient (Wildman–Crippen LogP) is 1.96. The van der Waals surface area contributed by atoms with Crippen molar-refractivity contribution in [3.05, 3.63) is 27.8 Å². The average Bonchev–Trinajstić information content (AvgIpc) is 3.11. The van der Waals surface area contributed by atoms with E-state index in [4.69, 9.17) is 9.47 Å². The maximum absolute atomic E-state index is 12.0. The molecule has 1 atom stereocenters. The highest BCUT2D eigenvalue weighted by atomic mass is 16.7. The SMILES string of the molecule is O=C(N/N=C\c1cc2c(cc1[N+](=O)[O-])OCO2)[C@H]1CC12CCC2. The summed E-state index contributed by atoms with van der Waals surface area (Å²) in [5, 5.41) is 15.0. The van der Waals surface area contributed by atoms with Crippen LogP contribution in [0.4, 0.5) is 5.69 Å². The number of benzene rings is 1. The van der Waals surface area contributed by atoms with E-state index >= 15 is 0 Å². The van der Waals surface area contributed by atoms with E-state index in [1.165, 1.54) is 24.8 Å². The van der Waals surface area contributed by atoms with Gasteiger partial charge >= 0.3 is 0 Å². The molecule has 0 unspecified atom stereocenters. The molecule has 3 aliphatic rings. The molecule has 1 N–H and O–H groups in total. The zero-order valence-electron chi connectivity index (χ0n) is 12.3. The predicted molar refractivity (Wildman–Crippen MR) is 79.3 cm³/mol. The van der Waals surface area contributed by atoms with Crippen LogP contribution >= 0.6 is 0 Å². The quantitative estimate of drug-likeness (QED) is 0.519. The van der Waals surface area contributed by atoms with Crippen molar-refractivity contribution in [3.8, 4) is 11.5 Å². The highest BCUT2D eigenvalue weighted by Gasteiger charge is 2.60. The van der Waals surface area contributed by atoms with Crippen LogP contribution in [0.2, 0.25) is 0 Å². The number of amides is 1. The lowest BCUT2D eigenvalue weighted by Gasteiger charge is -2.25. The first-order chi connectivity index (χ1) is 11.1. The Labute approximate surface area is 131 Å². The molecule has 2 aliphatic carbocycles. The summed E-state index contributed by atoms with van der Waals surface area (Å²) >= 11 is 0. The van der Waals surface area contributed by atoms with Gasteiger partial charge in [0.2, 0.25) is 12.7 Å². The Morgan fingerprint density at radius 1 is 1.39 bits per heavy atom. The fraction of sp³-hybridized carbons (Fsp3) is 0.467. The molecule has 1 aromatic rings. The summed E-state index contributed by atoms with van der Waals surface area (Å²) in [6.07, 6.45) is 5.62. The van der Waals surface area contributed by atoms with Crippen molar-refractivity contribution < 1.29 is 19.2 Å². The summed E-state index contributed by atoms with van der Waals surface area (Å²) in [5.41, 5.74) is 2.83. The van der Waals surface area contributed by atoms with Gasteiger partial charge in [0.15, 0.2) is 11.5 Å². The second-order valence-electron chi connectivity index (χ2n) is 6.23. The third-order valence-corrected chi connectivity index (χ3v) is 4.95. The van der Waals surface area contributed by atoms with Gasteiger partial charge in [-0.1, -0.05) is 6.42 Å². The Morgan fingerprint density at radius 2 is 2.13 bits per heavy atom. The Bertz CT molecular complexity index is 726. The number of fused-ring (bicyclic) bond motifs is 1. The summed E-state index contributed by atoms with van der Waals surface area (Å²) < 4.78 is 10.3. The van der Waals surface area contributed by atoms with Gasteiger partial charge in [-0.2, -0.15) is 5.10 Å². The number of hydrogen-bond acceptors (Lipinski definition) is 6. The van der Waals surface area contributed by atoms with E-state index in [1.807, 2.05) is 0 Å². The van der Waals surface area contributed by atoms with Crippen molar-refractivity contribution in [1.29, 1.82) is 0 Å². The number of hydrogen-bond donors (Lipinski definition) is 1. The smallest absolute Gasteiger partial charge is 0.282 e. The Kier molecular flexibility index (Phi) is 3.00. The first-order valence-electron chi connectivity index (χ1n) is 7.50. The van der Waals surface area contributed by atoms with Crippen LogP contribution in [0, 0.1) is 21.4 Å². The largest absolute Gasteiger partial charge is 0.454 e. The first kappa shape index (κ1) is 14.0. The van der Waals surface area contributed by atoms with Gasteiger partial charge in [-0.25, -0.2) is 5.43 Å². The fourth-order valence-corrected chi connectivity index (χ4v) is 3.35. The van der Waals surface area contributed by atoms with Gasteiger partial charge in [-0.15, -0.1) is 0 Å². The number of carbonyl (C=O) groups is 1. The van der Waals surface area contributed by atoms with Crippen LogP contribution in [-0.4, -0.2) is 23.8 Å². The third kappa shape index (κ3) is 2.30. The lowest BCUT2D eigenvalue weighted by atomic mass is 9.80. The normalized spacial score (nSPS) is 22.9. The van der Waals surface area contributed by atoms with Crippen LogP contribution in [-0.2, 0) is 4.79 Å². The number of nitro groups is 1. The van der Waals surface area contributed by atoms with Gasteiger partial charge in [0, 0.05) is 5.92 Å². The minimum Gasteiger partial charge on any atom is -0.454 e. The van der Waals surface area contributed by atoms with Crippen molar-refractivity contribution in [2.45, 2.75) is 25.7 Å². The molecular weight excluding hydrogens is 302 g/mol. The van der Waals surface area contributed by atoms with Gasteiger partial charge in [-0.3, -0.25) is 14.9 Å². The van der Waals surface area contributed by atoms with E-state index in [9.17, 15) is 14.9 Å². The van der Waals surface area contributed by atoms with Crippen LogP contribution < -0.4 is 14.9 Å². The Hall–Kier alpha value is -2.64. The summed E-state index contributed by atoms with van der Waals surface area (Å²) in [7, 11) is 0. The van der Waals surface area contributed by atoms with Gasteiger partial charge in [-0.05, 0) is 30.7 Å². The number of nitro benzene ring substituents is 1. The minimum absolute atomic E-state index is 0.0353. The maximum atomic E-state index is 12.0. The topological polar surface area (TPSA) is 103 Å². The molecule has 1 heterocycles. The fourth-order valence-electron chi connectivity index (χ4n) is 3.35. The maximum Gasteiger partial charge on any atom is 0.282 e. The van der Waals surface area contributed by atoms with Crippen molar-refractivity contribution in [2.75, 3.05) is 6.79 Å². The molecule has 1 spiro atoms. The molecule has 2 fully saturated rings. The van der Waals surface area contributed by atoms with E-state index in [0.717, 1.165) is 19.3 Å². The molecule has 1 amide bonds. The molecule has 23 heavy (non-hydrogen) atoms. The molecule has 120 valence electrons. The number of carbonyl (C=O) groups excluding carboxylic acids is 1. The molecule has 1 aliphatic heterocycles. The highest BCUT2D eigenvalue weighted by molar-refractivity contribution is 5.89. The molecule has 0 radical (unpaired) electrons. The summed E-state index contributed by atoms with van der Waals surface area (Å²) in [6, 6.07) is 2.79. The van der Waals surface area contributed by atoms with Crippen LogP contribution in [0.5, 0.6) is 11.5 Å². The van der Waals surface area contributed by atoms with Gasteiger partial charge in [0.1, 0.15) is 0 Å². The number of nitrogens with one attached hydrogen (secondary N) is 1. The van der Waals surface area contributed by atoms with Crippen molar-refractivity contribution in [1.82, 2.24) is 5.43 Å². The van der Waals surface area contributed by atoms with Gasteiger partial charge in [0.25, 0.3) is 5.69 Å².